The first-order valence-corrected chi connectivity index (χ1v) is 16.7. The zero-order valence-corrected chi connectivity index (χ0v) is 28.2. The Labute approximate surface area is 279 Å². The zero-order chi connectivity index (χ0) is 35.1. The van der Waals surface area contributed by atoms with Gasteiger partial charge in [0.05, 0.1) is 32.7 Å². The van der Waals surface area contributed by atoms with Crippen molar-refractivity contribution in [3.05, 3.63) is 0 Å². The van der Waals surface area contributed by atoms with Crippen molar-refractivity contribution in [2.24, 2.45) is 28.7 Å². The van der Waals surface area contributed by atoms with Crippen molar-refractivity contribution in [3.63, 3.8) is 0 Å². The third-order valence-corrected chi connectivity index (χ3v) is 6.82. The molecule has 0 radical (unpaired) electrons. The maximum atomic E-state index is 12.8. The second-order valence-electron chi connectivity index (χ2n) is 11.2. The summed E-state index contributed by atoms with van der Waals surface area (Å²) < 4.78 is 0. The molecule has 5 amide bonds. The molecule has 18 nitrogen and oxygen atoms in total. The first-order chi connectivity index (χ1) is 22.7. The van der Waals surface area contributed by atoms with Crippen LogP contribution in [0.15, 0.2) is 0 Å². The molecule has 15 N–H and O–H groups in total. The first-order valence-electron chi connectivity index (χ1n) is 16.7. The van der Waals surface area contributed by atoms with E-state index >= 15 is 0 Å². The number of hydrogen-bond donors (Lipinski definition) is 10. The fourth-order valence-corrected chi connectivity index (χ4v) is 4.21. The third kappa shape index (κ3) is 26.8. The van der Waals surface area contributed by atoms with E-state index < -0.39 is 0 Å². The molecule has 0 aromatic carbocycles. The number of nitrogens with zero attached hydrogens (tertiary/aromatic N) is 3. The van der Waals surface area contributed by atoms with Crippen LogP contribution in [0.3, 0.4) is 0 Å². The topological polar surface area (TPSA) is 285 Å². The van der Waals surface area contributed by atoms with Crippen molar-refractivity contribution >= 4 is 29.5 Å². The molecule has 0 fully saturated rings. The Bertz CT molecular complexity index is 764. The largest absolute Gasteiger partial charge is 0.355 e. The third-order valence-electron chi connectivity index (χ3n) is 6.82. The van der Waals surface area contributed by atoms with E-state index in [2.05, 4.69) is 26.6 Å². The number of hydrogen-bond acceptors (Lipinski definition) is 13. The van der Waals surface area contributed by atoms with Crippen LogP contribution in [0.5, 0.6) is 0 Å². The molecule has 0 heterocycles. The number of rotatable bonds is 31. The van der Waals surface area contributed by atoms with Gasteiger partial charge in [0.2, 0.25) is 29.5 Å². The SMILES string of the molecule is NCCCNC(=O)CN(CCN(CC(=O)NCCCN)CC(=O)NCCCN)CCN(CC(=O)NCCCN)CC(=O)NCCCN. The van der Waals surface area contributed by atoms with E-state index in [1.54, 1.807) is 9.80 Å². The molecule has 0 saturated carbocycles. The van der Waals surface area contributed by atoms with Crippen LogP contribution in [0.2, 0.25) is 0 Å². The minimum absolute atomic E-state index is 0.0243. The van der Waals surface area contributed by atoms with Crippen molar-refractivity contribution in [1.82, 2.24) is 41.3 Å². The van der Waals surface area contributed by atoms with E-state index in [0.717, 1.165) is 0 Å². The van der Waals surface area contributed by atoms with Gasteiger partial charge in [-0.1, -0.05) is 0 Å². The van der Waals surface area contributed by atoms with Gasteiger partial charge in [-0.2, -0.15) is 0 Å². The van der Waals surface area contributed by atoms with Gasteiger partial charge in [-0.25, -0.2) is 0 Å². The lowest BCUT2D eigenvalue weighted by molar-refractivity contribution is -0.126. The molecule has 0 atom stereocenters. The molecule has 0 aliphatic carbocycles. The van der Waals surface area contributed by atoms with E-state index in [4.69, 9.17) is 28.7 Å². The quantitative estimate of drug-likeness (QED) is 0.0307. The van der Waals surface area contributed by atoms with Gasteiger partial charge in [-0.05, 0) is 64.8 Å². The molecule has 0 aliphatic heterocycles. The van der Waals surface area contributed by atoms with Gasteiger partial charge in [0.15, 0.2) is 0 Å². The smallest absolute Gasteiger partial charge is 0.234 e. The molecular weight excluding hydrogens is 610 g/mol. The fourth-order valence-electron chi connectivity index (χ4n) is 4.21. The van der Waals surface area contributed by atoms with Crippen LogP contribution in [-0.4, -0.2) is 169 Å². The van der Waals surface area contributed by atoms with Crippen molar-refractivity contribution in [2.75, 3.05) is 124 Å². The molecule has 0 saturated heterocycles. The van der Waals surface area contributed by atoms with Gasteiger partial charge in [-0.3, -0.25) is 38.7 Å². The Morgan fingerprint density at radius 1 is 0.340 bits per heavy atom. The Balaban J connectivity index is 5.70. The number of amides is 5. The lowest BCUT2D eigenvalue weighted by Crippen LogP contribution is -2.50. The normalized spacial score (nSPS) is 11.1. The summed E-state index contributed by atoms with van der Waals surface area (Å²) in [6, 6.07) is 0. The monoisotopic (exact) mass is 674 g/mol. The van der Waals surface area contributed by atoms with Crippen LogP contribution in [0.1, 0.15) is 32.1 Å². The number of nitrogens with two attached hydrogens (primary N) is 5. The average molecular weight is 674 g/mol. The molecule has 18 heteroatoms. The second kappa shape index (κ2) is 30.4. The first kappa shape index (κ1) is 44.0. The van der Waals surface area contributed by atoms with Crippen LogP contribution in [0, 0.1) is 0 Å². The van der Waals surface area contributed by atoms with E-state index in [1.165, 1.54) is 0 Å². The predicted molar refractivity (Wildman–Crippen MR) is 183 cm³/mol. The Hall–Kier alpha value is -2.97. The average Bonchev–Trinajstić information content (AvgIpc) is 3.02. The van der Waals surface area contributed by atoms with Gasteiger partial charge in [0.25, 0.3) is 0 Å². The molecule has 0 unspecified atom stereocenters. The molecule has 0 bridgehead atoms. The zero-order valence-electron chi connectivity index (χ0n) is 28.2. The lowest BCUT2D eigenvalue weighted by Gasteiger charge is -2.29. The second-order valence-corrected chi connectivity index (χ2v) is 11.2. The van der Waals surface area contributed by atoms with Crippen LogP contribution >= 0.6 is 0 Å². The van der Waals surface area contributed by atoms with Crippen molar-refractivity contribution < 1.29 is 24.0 Å². The maximum Gasteiger partial charge on any atom is 0.234 e. The van der Waals surface area contributed by atoms with Crippen LogP contribution in [0.4, 0.5) is 0 Å². The molecule has 0 rings (SSSR count). The van der Waals surface area contributed by atoms with Gasteiger partial charge in [0, 0.05) is 58.9 Å². The minimum Gasteiger partial charge on any atom is -0.355 e. The van der Waals surface area contributed by atoms with Gasteiger partial charge >= 0.3 is 0 Å². The van der Waals surface area contributed by atoms with E-state index in [1.807, 2.05) is 4.90 Å². The van der Waals surface area contributed by atoms with Crippen LogP contribution in [0.25, 0.3) is 0 Å². The summed E-state index contributed by atoms with van der Waals surface area (Å²) in [4.78, 5) is 68.6. The molecule has 0 aromatic heterocycles. The summed E-state index contributed by atoms with van der Waals surface area (Å²) in [6.07, 6.45) is 3.15. The highest BCUT2D eigenvalue weighted by molar-refractivity contribution is 5.82. The predicted octanol–water partition coefficient (Wildman–Crippen LogP) is -5.78. The summed E-state index contributed by atoms with van der Waals surface area (Å²) in [5.41, 5.74) is 27.7. The fraction of sp³-hybridized carbons (Fsp3) is 0.828. The molecule has 0 aliphatic rings. The summed E-state index contributed by atoms with van der Waals surface area (Å²) in [5.74, 6) is -1.19. The summed E-state index contributed by atoms with van der Waals surface area (Å²) in [6.45, 7) is 5.53. The Kier molecular flexibility index (Phi) is 28.4. The van der Waals surface area contributed by atoms with Gasteiger partial charge in [-0.15, -0.1) is 0 Å². The highest BCUT2D eigenvalue weighted by Gasteiger charge is 2.20. The molecule has 47 heavy (non-hydrogen) atoms. The maximum absolute atomic E-state index is 12.8. The van der Waals surface area contributed by atoms with Crippen molar-refractivity contribution in [1.29, 1.82) is 0 Å². The van der Waals surface area contributed by atoms with Gasteiger partial charge in [0.1, 0.15) is 0 Å². The Morgan fingerprint density at radius 3 is 0.745 bits per heavy atom. The summed E-state index contributed by atoms with van der Waals surface area (Å²) >= 11 is 0. The van der Waals surface area contributed by atoms with Crippen molar-refractivity contribution in [2.45, 2.75) is 32.1 Å². The molecule has 0 aromatic rings. The Morgan fingerprint density at radius 2 is 0.532 bits per heavy atom. The van der Waals surface area contributed by atoms with Gasteiger partial charge < -0.3 is 55.3 Å². The van der Waals surface area contributed by atoms with Crippen LogP contribution < -0.4 is 55.3 Å². The van der Waals surface area contributed by atoms with E-state index in [-0.39, 0.29) is 62.3 Å². The molecule has 0 spiro atoms. The lowest BCUT2D eigenvalue weighted by atomic mass is 10.3. The summed E-state index contributed by atoms with van der Waals surface area (Å²) in [7, 11) is 0. The summed E-state index contributed by atoms with van der Waals surface area (Å²) in [5, 5.41) is 14.1. The molecular formula is C29H63N13O5. The standard InChI is InChI=1S/C29H63N13O5/c30-6-1-11-35-25(43)20-40(16-18-41(21-26(44)36-12-2-7-31)22-27(45)37-13-3-8-32)17-19-42(23-28(46)38-14-4-9-33)24-29(47)39-15-5-10-34/h1-24,30-34H2,(H,35,43)(H,36,44)(H,37,45)(H,38,46)(H,39,47). The number of carbonyl (C=O) groups excluding carboxylic acids is 5. The highest BCUT2D eigenvalue weighted by atomic mass is 16.2. The molecule has 274 valence electrons. The van der Waals surface area contributed by atoms with E-state index in [0.29, 0.717) is 124 Å². The van der Waals surface area contributed by atoms with Crippen LogP contribution in [-0.2, 0) is 24.0 Å². The highest BCUT2D eigenvalue weighted by Crippen LogP contribution is 1.98. The minimum atomic E-state index is -0.244. The number of nitrogens with one attached hydrogen (secondary N) is 5. The number of carbonyl (C=O) groups is 5. The van der Waals surface area contributed by atoms with Crippen molar-refractivity contribution in [3.8, 4) is 0 Å². The van der Waals surface area contributed by atoms with E-state index in [9.17, 15) is 24.0 Å².